The van der Waals surface area contributed by atoms with Crippen LogP contribution in [-0.4, -0.2) is 49.4 Å². The van der Waals surface area contributed by atoms with Crippen molar-refractivity contribution < 1.29 is 22.3 Å². The standard InChI is InChI=1S/C31H31FN4O4S/c1-20-17-36(18-21(2)35-20)31(37)24-7-5-23(6-8-24)25-15-29(30(33)34-16-25)40-19-22-3-11-27(12-4-22)41(38,39)28-13-9-26(32)10-14-28/h3-16,20-21,35H,17-19H2,1-2H3,(H2,33,34). The fraction of sp³-hybridized carbons (Fsp3) is 0.226. The van der Waals surface area contributed by atoms with Gasteiger partial charge >= 0.3 is 0 Å². The van der Waals surface area contributed by atoms with Crippen LogP contribution in [0.5, 0.6) is 5.75 Å². The van der Waals surface area contributed by atoms with Crippen molar-refractivity contribution in [3.05, 3.63) is 102 Å². The van der Waals surface area contributed by atoms with Crippen molar-refractivity contribution in [1.82, 2.24) is 15.2 Å². The fourth-order valence-electron chi connectivity index (χ4n) is 4.88. The van der Waals surface area contributed by atoms with Gasteiger partial charge in [-0.3, -0.25) is 4.79 Å². The predicted octanol–water partition coefficient (Wildman–Crippen LogP) is 4.70. The minimum atomic E-state index is -3.77. The monoisotopic (exact) mass is 574 g/mol. The predicted molar refractivity (Wildman–Crippen MR) is 155 cm³/mol. The number of hydrogen-bond donors (Lipinski definition) is 2. The van der Waals surface area contributed by atoms with Crippen molar-refractivity contribution >= 4 is 21.6 Å². The third kappa shape index (κ3) is 6.39. The molecule has 1 aliphatic rings. The average molecular weight is 575 g/mol. The number of sulfone groups is 1. The number of carbonyl (C=O) groups is 1. The lowest BCUT2D eigenvalue weighted by Crippen LogP contribution is -2.55. The number of piperazine rings is 1. The van der Waals surface area contributed by atoms with Crippen LogP contribution in [0.3, 0.4) is 0 Å². The molecule has 2 heterocycles. The first-order valence-corrected chi connectivity index (χ1v) is 14.7. The van der Waals surface area contributed by atoms with Crippen molar-refractivity contribution in [1.29, 1.82) is 0 Å². The Kier molecular flexibility index (Phi) is 8.05. The number of aromatic nitrogens is 1. The Morgan fingerprint density at radius 1 is 0.951 bits per heavy atom. The van der Waals surface area contributed by atoms with Gasteiger partial charge in [-0.2, -0.15) is 0 Å². The van der Waals surface area contributed by atoms with Crippen LogP contribution in [0.2, 0.25) is 0 Å². The number of halogens is 1. The maximum Gasteiger partial charge on any atom is 0.253 e. The number of nitrogens with zero attached hydrogens (tertiary/aromatic N) is 2. The molecule has 8 nitrogen and oxygen atoms in total. The molecule has 1 amide bonds. The number of hydrogen-bond acceptors (Lipinski definition) is 7. The first kappa shape index (κ1) is 28.3. The van der Waals surface area contributed by atoms with Gasteiger partial charge in [0.15, 0.2) is 11.6 Å². The molecule has 10 heteroatoms. The molecule has 3 aromatic carbocycles. The van der Waals surface area contributed by atoms with Crippen molar-refractivity contribution in [2.24, 2.45) is 0 Å². The summed E-state index contributed by atoms with van der Waals surface area (Å²) in [6.07, 6.45) is 1.65. The van der Waals surface area contributed by atoms with Gasteiger partial charge in [-0.05, 0) is 79.6 Å². The van der Waals surface area contributed by atoms with Gasteiger partial charge in [0.1, 0.15) is 12.4 Å². The second kappa shape index (κ2) is 11.7. The smallest absolute Gasteiger partial charge is 0.253 e. The van der Waals surface area contributed by atoms with E-state index >= 15 is 0 Å². The number of ether oxygens (including phenoxy) is 1. The zero-order chi connectivity index (χ0) is 29.1. The largest absolute Gasteiger partial charge is 0.485 e. The Morgan fingerprint density at radius 3 is 2.15 bits per heavy atom. The molecule has 3 N–H and O–H groups in total. The maximum atomic E-state index is 13.2. The molecule has 1 aliphatic heterocycles. The molecule has 0 aliphatic carbocycles. The lowest BCUT2D eigenvalue weighted by molar-refractivity contribution is 0.0674. The molecule has 4 aromatic rings. The van der Waals surface area contributed by atoms with E-state index < -0.39 is 15.7 Å². The third-order valence-corrected chi connectivity index (χ3v) is 8.73. The number of pyridine rings is 1. The van der Waals surface area contributed by atoms with E-state index in [0.717, 1.165) is 28.8 Å². The summed E-state index contributed by atoms with van der Waals surface area (Å²) >= 11 is 0. The van der Waals surface area contributed by atoms with Crippen LogP contribution < -0.4 is 15.8 Å². The van der Waals surface area contributed by atoms with Gasteiger partial charge in [-0.1, -0.05) is 24.3 Å². The maximum absolute atomic E-state index is 13.2. The molecule has 2 atom stereocenters. The van der Waals surface area contributed by atoms with E-state index in [0.29, 0.717) is 24.4 Å². The highest BCUT2D eigenvalue weighted by molar-refractivity contribution is 7.91. The Balaban J connectivity index is 1.26. The SMILES string of the molecule is CC1CN(C(=O)c2ccc(-c3cnc(N)c(OCc4ccc(S(=O)(=O)c5ccc(F)cc5)cc4)c3)cc2)CC(C)N1. The summed E-state index contributed by atoms with van der Waals surface area (Å²) in [6.45, 7) is 5.62. The van der Waals surface area contributed by atoms with Crippen LogP contribution in [0.25, 0.3) is 11.1 Å². The molecule has 0 radical (unpaired) electrons. The quantitative estimate of drug-likeness (QED) is 0.308. The topological polar surface area (TPSA) is 115 Å². The van der Waals surface area contributed by atoms with E-state index in [1.54, 1.807) is 24.4 Å². The molecule has 1 aromatic heterocycles. The number of amides is 1. The van der Waals surface area contributed by atoms with Gasteiger partial charge in [-0.25, -0.2) is 17.8 Å². The van der Waals surface area contributed by atoms with Crippen LogP contribution in [-0.2, 0) is 16.4 Å². The van der Waals surface area contributed by atoms with E-state index in [2.05, 4.69) is 24.1 Å². The summed E-state index contributed by atoms with van der Waals surface area (Å²) in [4.78, 5) is 19.3. The van der Waals surface area contributed by atoms with Crippen molar-refractivity contribution in [3.63, 3.8) is 0 Å². The molecule has 1 fully saturated rings. The molecular weight excluding hydrogens is 543 g/mol. The van der Waals surface area contributed by atoms with E-state index in [1.165, 1.54) is 24.3 Å². The minimum Gasteiger partial charge on any atom is -0.485 e. The van der Waals surface area contributed by atoms with Crippen LogP contribution in [0.15, 0.2) is 94.9 Å². The van der Waals surface area contributed by atoms with Crippen molar-refractivity contribution in [2.75, 3.05) is 18.8 Å². The normalized spacial score (nSPS) is 17.3. The van der Waals surface area contributed by atoms with Gasteiger partial charge in [0.25, 0.3) is 5.91 Å². The van der Waals surface area contributed by atoms with E-state index in [-0.39, 0.29) is 40.2 Å². The summed E-state index contributed by atoms with van der Waals surface area (Å²) in [5, 5.41) is 3.44. The molecule has 0 spiro atoms. The zero-order valence-electron chi connectivity index (χ0n) is 22.7. The summed E-state index contributed by atoms with van der Waals surface area (Å²) in [6, 6.07) is 20.6. The van der Waals surface area contributed by atoms with Crippen LogP contribution in [0.1, 0.15) is 29.8 Å². The number of anilines is 1. The number of rotatable bonds is 7. The number of nitrogens with one attached hydrogen (secondary N) is 1. The Hall–Kier alpha value is -4.28. The van der Waals surface area contributed by atoms with Crippen molar-refractivity contribution in [3.8, 4) is 16.9 Å². The van der Waals surface area contributed by atoms with Gasteiger partial charge in [-0.15, -0.1) is 0 Å². The van der Waals surface area contributed by atoms with Gasteiger partial charge < -0.3 is 20.7 Å². The fourth-order valence-corrected chi connectivity index (χ4v) is 6.15. The molecular formula is C31H31FN4O4S. The first-order chi connectivity index (χ1) is 19.6. The number of benzene rings is 3. The summed E-state index contributed by atoms with van der Waals surface area (Å²) < 4.78 is 44.8. The Labute approximate surface area is 238 Å². The Morgan fingerprint density at radius 2 is 1.54 bits per heavy atom. The highest BCUT2D eigenvalue weighted by Crippen LogP contribution is 2.29. The van der Waals surface area contributed by atoms with Crippen LogP contribution in [0, 0.1) is 5.82 Å². The van der Waals surface area contributed by atoms with Gasteiger partial charge in [0.2, 0.25) is 9.84 Å². The van der Waals surface area contributed by atoms with E-state index in [9.17, 15) is 17.6 Å². The second-order valence-electron chi connectivity index (χ2n) is 10.3. The van der Waals surface area contributed by atoms with Crippen molar-refractivity contribution in [2.45, 2.75) is 42.3 Å². The lowest BCUT2D eigenvalue weighted by atomic mass is 10.0. The van der Waals surface area contributed by atoms with Gasteiger partial charge in [0.05, 0.1) is 9.79 Å². The zero-order valence-corrected chi connectivity index (χ0v) is 23.6. The third-order valence-electron chi connectivity index (χ3n) is 6.94. The lowest BCUT2D eigenvalue weighted by Gasteiger charge is -2.36. The van der Waals surface area contributed by atoms with Crippen LogP contribution in [0.4, 0.5) is 10.2 Å². The highest BCUT2D eigenvalue weighted by atomic mass is 32.2. The van der Waals surface area contributed by atoms with E-state index in [1.807, 2.05) is 29.2 Å². The summed E-state index contributed by atoms with van der Waals surface area (Å²) in [7, 11) is -3.77. The van der Waals surface area contributed by atoms with Crippen LogP contribution >= 0.6 is 0 Å². The molecule has 2 unspecified atom stereocenters. The molecule has 5 rings (SSSR count). The number of nitrogen functional groups attached to an aromatic ring is 1. The first-order valence-electron chi connectivity index (χ1n) is 13.2. The van der Waals surface area contributed by atoms with Gasteiger partial charge in [0, 0.05) is 42.5 Å². The molecule has 41 heavy (non-hydrogen) atoms. The van der Waals surface area contributed by atoms with E-state index in [4.69, 9.17) is 10.5 Å². The molecule has 0 saturated carbocycles. The second-order valence-corrected chi connectivity index (χ2v) is 12.2. The summed E-state index contributed by atoms with van der Waals surface area (Å²) in [5.74, 6) is 0.108. The molecule has 212 valence electrons. The minimum absolute atomic E-state index is 0.00712. The molecule has 1 saturated heterocycles. The average Bonchev–Trinajstić information content (AvgIpc) is 2.96. The number of nitrogens with two attached hydrogens (primary N) is 1. The molecule has 0 bridgehead atoms. The number of carbonyl (C=O) groups excluding carboxylic acids is 1. The Bertz CT molecular complexity index is 1630. The summed E-state index contributed by atoms with van der Waals surface area (Å²) in [5.41, 5.74) is 9.05. The highest BCUT2D eigenvalue weighted by Gasteiger charge is 2.25.